The summed E-state index contributed by atoms with van der Waals surface area (Å²) in [5, 5.41) is 8.85. The third kappa shape index (κ3) is 7.38. The summed E-state index contributed by atoms with van der Waals surface area (Å²) >= 11 is 0. The van der Waals surface area contributed by atoms with E-state index < -0.39 is 0 Å². The molecule has 0 bridgehead atoms. The van der Waals surface area contributed by atoms with Crippen molar-refractivity contribution in [3.8, 4) is 22.3 Å². The maximum Gasteiger partial charge on any atom is 0.139 e. The van der Waals surface area contributed by atoms with Crippen LogP contribution in [0.3, 0.4) is 0 Å². The monoisotopic (exact) mass is 928 g/mol. The lowest BCUT2D eigenvalue weighted by molar-refractivity contribution is 0.656. The number of nitrogens with zero attached hydrogens (tertiary/aromatic N) is 2. The largest absolute Gasteiger partial charge is 0.456 e. The Hall–Kier alpha value is -8.86. The minimum absolute atomic E-state index is 0.807. The molecule has 0 atom stereocenters. The highest BCUT2D eigenvalue weighted by atomic mass is 16.3. The molecule has 0 fully saturated rings. The molecule has 2 aromatic heterocycles. The Bertz CT molecular complexity index is 4020. The second-order valence-electron chi connectivity index (χ2n) is 19.8. The highest BCUT2D eigenvalue weighted by Gasteiger charge is 2.22. The van der Waals surface area contributed by atoms with Crippen LogP contribution in [0.25, 0.3) is 87.7 Å². The van der Waals surface area contributed by atoms with Crippen LogP contribution in [0.1, 0.15) is 33.4 Å². The maximum atomic E-state index is 6.74. The van der Waals surface area contributed by atoms with Crippen molar-refractivity contribution >= 4 is 99.5 Å². The first-order valence-corrected chi connectivity index (χ1v) is 24.9. The van der Waals surface area contributed by atoms with E-state index in [9.17, 15) is 0 Å². The number of benzene rings is 11. The first-order chi connectivity index (χ1) is 35.1. The van der Waals surface area contributed by atoms with E-state index in [2.05, 4.69) is 258 Å². The van der Waals surface area contributed by atoms with Crippen LogP contribution in [-0.4, -0.2) is 0 Å². The first-order valence-electron chi connectivity index (χ1n) is 24.9. The fourth-order valence-corrected chi connectivity index (χ4v) is 10.8. The Morgan fingerprint density at radius 1 is 0.264 bits per heavy atom. The summed E-state index contributed by atoms with van der Waals surface area (Å²) in [7, 11) is 0. The Morgan fingerprint density at radius 2 is 0.639 bits per heavy atom. The summed E-state index contributed by atoms with van der Waals surface area (Å²) < 4.78 is 13.5. The van der Waals surface area contributed by atoms with Gasteiger partial charge in [-0.1, -0.05) is 121 Å². The molecule has 0 amide bonds. The molecule has 11 aromatic carbocycles. The van der Waals surface area contributed by atoms with Crippen molar-refractivity contribution in [2.24, 2.45) is 0 Å². The van der Waals surface area contributed by atoms with Gasteiger partial charge in [-0.25, -0.2) is 0 Å². The zero-order valence-electron chi connectivity index (χ0n) is 41.3. The molecule has 72 heavy (non-hydrogen) atoms. The van der Waals surface area contributed by atoms with Crippen LogP contribution in [0.5, 0.6) is 0 Å². The van der Waals surface area contributed by atoms with Gasteiger partial charge >= 0.3 is 0 Å². The van der Waals surface area contributed by atoms with E-state index in [1.807, 2.05) is 0 Å². The molecule has 4 heteroatoms. The normalized spacial score (nSPS) is 11.8. The summed E-state index contributed by atoms with van der Waals surface area (Å²) in [5.74, 6) is 0. The van der Waals surface area contributed by atoms with Gasteiger partial charge in [-0.3, -0.25) is 0 Å². The van der Waals surface area contributed by atoms with E-state index in [0.29, 0.717) is 0 Å². The molecule has 0 unspecified atom stereocenters. The molecule has 0 saturated carbocycles. The highest BCUT2D eigenvalue weighted by Crippen LogP contribution is 2.46. The van der Waals surface area contributed by atoms with E-state index in [-0.39, 0.29) is 0 Å². The lowest BCUT2D eigenvalue weighted by Crippen LogP contribution is -2.13. The van der Waals surface area contributed by atoms with E-state index in [1.165, 1.54) is 55.6 Å². The van der Waals surface area contributed by atoms with Gasteiger partial charge in [-0.05, 0) is 198 Å². The summed E-state index contributed by atoms with van der Waals surface area (Å²) in [5.41, 5.74) is 22.1. The van der Waals surface area contributed by atoms with Crippen molar-refractivity contribution in [3.63, 3.8) is 0 Å². The number of aryl methyl sites for hydroxylation is 6. The van der Waals surface area contributed by atoms with Crippen LogP contribution >= 0.6 is 0 Å². The van der Waals surface area contributed by atoms with Crippen LogP contribution in [0.15, 0.2) is 215 Å². The molecule has 0 aliphatic heterocycles. The molecule has 0 aliphatic carbocycles. The smallest absolute Gasteiger partial charge is 0.139 e. The zero-order valence-corrected chi connectivity index (χ0v) is 41.3. The SMILES string of the molecule is Cc1ccc(C)c(N(c2ccc3cc4c(cc3c2)oc2cc3oc5cc6cc(N(c7cc(C)ccc7C)c7cc(-c8ccccc8)ccc7C)ccc6cc5c3cc24)c2cc(-c3ccccc3)ccc2C)c1. The number of hydrogen-bond donors (Lipinski definition) is 0. The predicted octanol–water partition coefficient (Wildman–Crippen LogP) is 19.9. The molecule has 4 nitrogen and oxygen atoms in total. The van der Waals surface area contributed by atoms with Gasteiger partial charge in [0, 0.05) is 61.7 Å². The third-order valence-electron chi connectivity index (χ3n) is 14.8. The summed E-state index contributed by atoms with van der Waals surface area (Å²) in [6, 6.07) is 75.2. The third-order valence-corrected chi connectivity index (χ3v) is 14.8. The number of hydrogen-bond acceptors (Lipinski definition) is 4. The number of fused-ring (bicyclic) bond motifs is 8. The molecule has 2 heterocycles. The molecule has 13 rings (SSSR count). The topological polar surface area (TPSA) is 32.8 Å². The number of furan rings is 2. The average Bonchev–Trinajstić information content (AvgIpc) is 3.93. The summed E-state index contributed by atoms with van der Waals surface area (Å²) in [6.07, 6.45) is 0. The molecule has 0 radical (unpaired) electrons. The van der Waals surface area contributed by atoms with Gasteiger partial charge in [-0.2, -0.15) is 0 Å². The van der Waals surface area contributed by atoms with Crippen LogP contribution in [0.2, 0.25) is 0 Å². The van der Waals surface area contributed by atoms with Crippen molar-refractivity contribution in [2.75, 3.05) is 9.80 Å². The Balaban J connectivity index is 0.905. The Labute approximate surface area is 419 Å². The van der Waals surface area contributed by atoms with Gasteiger partial charge in [0.05, 0.1) is 0 Å². The van der Waals surface area contributed by atoms with Crippen LogP contribution in [-0.2, 0) is 0 Å². The zero-order chi connectivity index (χ0) is 48.8. The summed E-state index contributed by atoms with van der Waals surface area (Å²) in [4.78, 5) is 4.84. The number of rotatable bonds is 8. The Morgan fingerprint density at radius 3 is 1.07 bits per heavy atom. The maximum absolute atomic E-state index is 6.74. The van der Waals surface area contributed by atoms with E-state index >= 15 is 0 Å². The molecule has 0 saturated heterocycles. The van der Waals surface area contributed by atoms with Gasteiger partial charge in [0.2, 0.25) is 0 Å². The van der Waals surface area contributed by atoms with Gasteiger partial charge in [-0.15, -0.1) is 0 Å². The fourth-order valence-electron chi connectivity index (χ4n) is 10.8. The molecule has 13 aromatic rings. The van der Waals surface area contributed by atoms with Gasteiger partial charge in [0.15, 0.2) is 0 Å². The van der Waals surface area contributed by atoms with Gasteiger partial charge in [0.25, 0.3) is 0 Å². The molecular weight excluding hydrogens is 877 g/mol. The van der Waals surface area contributed by atoms with Crippen LogP contribution in [0, 0.1) is 41.5 Å². The van der Waals surface area contributed by atoms with E-state index in [0.717, 1.165) is 99.5 Å². The van der Waals surface area contributed by atoms with Crippen LogP contribution < -0.4 is 9.80 Å². The van der Waals surface area contributed by atoms with Crippen molar-refractivity contribution in [1.82, 2.24) is 0 Å². The van der Waals surface area contributed by atoms with Crippen molar-refractivity contribution in [1.29, 1.82) is 0 Å². The molecule has 0 aliphatic rings. The highest BCUT2D eigenvalue weighted by molar-refractivity contribution is 6.18. The minimum Gasteiger partial charge on any atom is -0.456 e. The molecule has 0 N–H and O–H groups in total. The fraction of sp³-hybridized carbons (Fsp3) is 0.0882. The van der Waals surface area contributed by atoms with Crippen molar-refractivity contribution in [3.05, 3.63) is 240 Å². The second kappa shape index (κ2) is 16.9. The number of anilines is 6. The standard InChI is InChI=1S/C68H52N2O2/c1-41-17-19-43(3)61(29-41)69(63-35-51(23-21-45(63)5)47-13-9-7-10-14-47)55-27-25-49-33-57-59-39-60-58-34-50-26-28-56(32-54(50)38-66(58)72-68(60)40-67(59)71-65(57)37-53(49)31-55)70(62-30-42(2)18-20-44(62)4)64-36-52(24-22-46(64)6)48-15-11-8-12-16-48/h7-40H,1-6H3. The van der Waals surface area contributed by atoms with Gasteiger partial charge < -0.3 is 18.6 Å². The molecule has 346 valence electrons. The molecular formula is C68H52N2O2. The lowest BCUT2D eigenvalue weighted by atomic mass is 9.99. The van der Waals surface area contributed by atoms with Crippen LogP contribution in [0.4, 0.5) is 34.1 Å². The van der Waals surface area contributed by atoms with E-state index in [1.54, 1.807) is 0 Å². The predicted molar refractivity (Wildman–Crippen MR) is 305 cm³/mol. The van der Waals surface area contributed by atoms with Crippen molar-refractivity contribution < 1.29 is 8.83 Å². The Kier molecular flexibility index (Phi) is 10.2. The quantitative estimate of drug-likeness (QED) is 0.152. The second-order valence-corrected chi connectivity index (χ2v) is 19.8. The first kappa shape index (κ1) is 43.2. The summed E-state index contributed by atoms with van der Waals surface area (Å²) in [6.45, 7) is 13.1. The average molecular weight is 929 g/mol. The minimum atomic E-state index is 0.807. The van der Waals surface area contributed by atoms with Crippen molar-refractivity contribution in [2.45, 2.75) is 41.5 Å². The van der Waals surface area contributed by atoms with Gasteiger partial charge in [0.1, 0.15) is 22.3 Å². The molecule has 0 spiro atoms. The van der Waals surface area contributed by atoms with E-state index in [4.69, 9.17) is 8.83 Å². The lowest BCUT2D eigenvalue weighted by Gasteiger charge is -2.29.